The van der Waals surface area contributed by atoms with Crippen molar-refractivity contribution in [1.82, 2.24) is 4.98 Å². The molecule has 0 atom stereocenters. The van der Waals surface area contributed by atoms with Gasteiger partial charge in [-0.2, -0.15) is 0 Å². The van der Waals surface area contributed by atoms with Crippen molar-refractivity contribution >= 4 is 22.6 Å². The lowest BCUT2D eigenvalue weighted by Gasteiger charge is -2.01. The van der Waals surface area contributed by atoms with Crippen molar-refractivity contribution < 1.29 is 13.2 Å². The molecule has 0 saturated carbocycles. The molecule has 0 aliphatic rings. The highest BCUT2D eigenvalue weighted by Crippen LogP contribution is 2.21. The first-order chi connectivity index (χ1) is 5.65. The highest BCUT2D eigenvalue weighted by molar-refractivity contribution is 14.1. The van der Waals surface area contributed by atoms with Crippen LogP contribution in [0.2, 0.25) is 0 Å². The summed E-state index contributed by atoms with van der Waals surface area (Å²) in [6.45, 7) is -0.720. The molecule has 12 heavy (non-hydrogen) atoms. The lowest BCUT2D eigenvalue weighted by Crippen LogP contribution is -1.94. The van der Waals surface area contributed by atoms with Crippen LogP contribution >= 0.6 is 22.6 Å². The maximum Gasteiger partial charge on any atom is 0.265 e. The van der Waals surface area contributed by atoms with Crippen LogP contribution in [-0.4, -0.2) is 4.98 Å². The average Bonchev–Trinajstić information content (AvgIpc) is 2.04. The number of alkyl halides is 3. The van der Waals surface area contributed by atoms with Gasteiger partial charge in [-0.3, -0.25) is 4.98 Å². The number of hydrogen-bond donors (Lipinski definition) is 0. The number of rotatable bonds is 2. The minimum Gasteiger partial charge on any atom is -0.257 e. The average molecular weight is 287 g/mol. The zero-order valence-electron chi connectivity index (χ0n) is 5.90. The molecule has 0 saturated heterocycles. The summed E-state index contributed by atoms with van der Waals surface area (Å²) in [5, 5.41) is 0. The third kappa shape index (κ3) is 2.09. The highest BCUT2D eigenvalue weighted by Gasteiger charge is 2.09. The van der Waals surface area contributed by atoms with Gasteiger partial charge in [0.2, 0.25) is 0 Å². The van der Waals surface area contributed by atoms with E-state index in [-0.39, 0.29) is 11.3 Å². The van der Waals surface area contributed by atoms with Crippen molar-refractivity contribution in [2.45, 2.75) is 13.1 Å². The second kappa shape index (κ2) is 4.06. The predicted octanol–water partition coefficient (Wildman–Crippen LogP) is 3.09. The number of halogens is 4. The van der Waals surface area contributed by atoms with Crippen LogP contribution in [0.1, 0.15) is 17.7 Å². The molecule has 0 bridgehead atoms. The Balaban J connectivity index is 3.02. The minimum absolute atomic E-state index is 0.170. The zero-order valence-corrected chi connectivity index (χ0v) is 8.06. The van der Waals surface area contributed by atoms with E-state index in [9.17, 15) is 13.2 Å². The van der Waals surface area contributed by atoms with Gasteiger partial charge in [-0.15, -0.1) is 0 Å². The molecule has 0 aliphatic carbocycles. The first-order valence-electron chi connectivity index (χ1n) is 3.13. The second-order valence-electron chi connectivity index (χ2n) is 2.13. The van der Waals surface area contributed by atoms with Gasteiger partial charge >= 0.3 is 0 Å². The van der Waals surface area contributed by atoms with E-state index in [4.69, 9.17) is 0 Å². The Labute approximate surface area is 81.1 Å². The Morgan fingerprint density at radius 2 is 2.17 bits per heavy atom. The smallest absolute Gasteiger partial charge is 0.257 e. The van der Waals surface area contributed by atoms with Crippen LogP contribution in [0.4, 0.5) is 13.2 Å². The van der Waals surface area contributed by atoms with Gasteiger partial charge in [0.25, 0.3) is 6.43 Å². The number of hydrogen-bond acceptors (Lipinski definition) is 1. The summed E-state index contributed by atoms with van der Waals surface area (Å²) >= 11 is 1.78. The molecule has 66 valence electrons. The van der Waals surface area contributed by atoms with Gasteiger partial charge in [-0.25, -0.2) is 13.2 Å². The third-order valence-corrected chi connectivity index (χ3v) is 2.25. The molecule has 0 radical (unpaired) electrons. The molecule has 1 rings (SSSR count). The summed E-state index contributed by atoms with van der Waals surface area (Å²) in [4.78, 5) is 3.56. The zero-order chi connectivity index (χ0) is 9.14. The topological polar surface area (TPSA) is 12.9 Å². The first kappa shape index (κ1) is 9.76. The number of pyridine rings is 1. The van der Waals surface area contributed by atoms with Crippen LogP contribution in [-0.2, 0) is 6.67 Å². The molecule has 0 aromatic carbocycles. The Morgan fingerprint density at radius 1 is 1.50 bits per heavy atom. The summed E-state index contributed by atoms with van der Waals surface area (Å²) in [6, 6.07) is 1.24. The van der Waals surface area contributed by atoms with Crippen molar-refractivity contribution in [1.29, 1.82) is 0 Å². The van der Waals surface area contributed by atoms with Crippen molar-refractivity contribution in [2.24, 2.45) is 0 Å². The lowest BCUT2D eigenvalue weighted by molar-refractivity contribution is 0.151. The molecular weight excluding hydrogens is 282 g/mol. The van der Waals surface area contributed by atoms with Crippen molar-refractivity contribution in [3.05, 3.63) is 27.1 Å². The van der Waals surface area contributed by atoms with Gasteiger partial charge < -0.3 is 0 Å². The lowest BCUT2D eigenvalue weighted by atomic mass is 10.2. The summed E-state index contributed by atoms with van der Waals surface area (Å²) in [6.07, 6.45) is -1.54. The molecule has 1 aromatic heterocycles. The Morgan fingerprint density at radius 3 is 2.58 bits per heavy atom. The summed E-state index contributed by atoms with van der Waals surface area (Å²) in [7, 11) is 0. The molecule has 5 heteroatoms. The van der Waals surface area contributed by atoms with Crippen LogP contribution in [0, 0.1) is 3.57 Å². The van der Waals surface area contributed by atoms with E-state index in [2.05, 4.69) is 4.98 Å². The Bertz CT molecular complexity index is 277. The number of aromatic nitrogens is 1. The fourth-order valence-corrected chi connectivity index (χ4v) is 1.34. The van der Waals surface area contributed by atoms with Crippen molar-refractivity contribution in [3.63, 3.8) is 0 Å². The molecule has 1 aromatic rings. The van der Waals surface area contributed by atoms with Gasteiger partial charge in [-0.1, -0.05) is 0 Å². The molecule has 1 heterocycles. The number of nitrogens with zero attached hydrogens (tertiary/aromatic N) is 1. The van der Waals surface area contributed by atoms with Gasteiger partial charge in [0, 0.05) is 15.3 Å². The summed E-state index contributed by atoms with van der Waals surface area (Å²) in [5.74, 6) is 0. The Hall–Kier alpha value is -0.330. The van der Waals surface area contributed by atoms with Crippen LogP contribution < -0.4 is 0 Å². The van der Waals surface area contributed by atoms with Crippen LogP contribution in [0.5, 0.6) is 0 Å². The second-order valence-corrected chi connectivity index (χ2v) is 3.29. The highest BCUT2D eigenvalue weighted by atomic mass is 127. The van der Waals surface area contributed by atoms with Gasteiger partial charge in [0.05, 0.1) is 5.69 Å². The van der Waals surface area contributed by atoms with Gasteiger partial charge in [0.1, 0.15) is 6.67 Å². The maximum absolute atomic E-state index is 12.1. The van der Waals surface area contributed by atoms with E-state index in [1.807, 2.05) is 0 Å². The van der Waals surface area contributed by atoms with Gasteiger partial charge in [0.15, 0.2) is 0 Å². The van der Waals surface area contributed by atoms with E-state index in [1.54, 1.807) is 22.6 Å². The van der Waals surface area contributed by atoms with Crippen LogP contribution in [0.15, 0.2) is 12.3 Å². The normalized spacial score (nSPS) is 10.8. The SMILES string of the molecule is FCc1ncc(C(F)F)cc1I. The summed E-state index contributed by atoms with van der Waals surface area (Å²) in [5.41, 5.74) is 0.0385. The van der Waals surface area contributed by atoms with Crippen LogP contribution in [0.25, 0.3) is 0 Å². The molecule has 1 nitrogen and oxygen atoms in total. The Kier molecular flexibility index (Phi) is 3.30. The largest absolute Gasteiger partial charge is 0.265 e. The predicted molar refractivity (Wildman–Crippen MR) is 46.7 cm³/mol. The third-order valence-electron chi connectivity index (χ3n) is 1.32. The molecule has 0 fully saturated rings. The minimum atomic E-state index is -2.54. The summed E-state index contributed by atoms with van der Waals surface area (Å²) < 4.78 is 36.6. The van der Waals surface area contributed by atoms with E-state index in [0.29, 0.717) is 3.57 Å². The van der Waals surface area contributed by atoms with E-state index in [1.165, 1.54) is 6.07 Å². The molecule has 0 N–H and O–H groups in total. The van der Waals surface area contributed by atoms with Crippen molar-refractivity contribution in [2.75, 3.05) is 0 Å². The maximum atomic E-state index is 12.1. The first-order valence-corrected chi connectivity index (χ1v) is 4.21. The molecule has 0 spiro atoms. The van der Waals surface area contributed by atoms with Crippen LogP contribution in [0.3, 0.4) is 0 Å². The quantitative estimate of drug-likeness (QED) is 0.762. The molecule has 0 aliphatic heterocycles. The fraction of sp³-hybridized carbons (Fsp3) is 0.286. The molecule has 0 unspecified atom stereocenters. The fourth-order valence-electron chi connectivity index (χ4n) is 0.699. The standard InChI is InChI=1S/C7H5F3IN/c8-2-6-5(11)1-4(3-12-6)7(9)10/h1,3,7H,2H2. The van der Waals surface area contributed by atoms with E-state index in [0.717, 1.165) is 6.20 Å². The van der Waals surface area contributed by atoms with Crippen molar-refractivity contribution in [3.8, 4) is 0 Å². The monoisotopic (exact) mass is 287 g/mol. The van der Waals surface area contributed by atoms with E-state index >= 15 is 0 Å². The van der Waals surface area contributed by atoms with E-state index < -0.39 is 13.1 Å². The molecular formula is C7H5F3IN. The molecule has 0 amide bonds. The van der Waals surface area contributed by atoms with Gasteiger partial charge in [-0.05, 0) is 28.7 Å².